The molecule has 7 aromatic rings. The van der Waals surface area contributed by atoms with E-state index in [0.717, 1.165) is 116 Å². The number of nitrogens with zero attached hydrogens (tertiary/aromatic N) is 3. The summed E-state index contributed by atoms with van der Waals surface area (Å²) in [6.45, 7) is 10.5. The molecule has 0 atom stereocenters. The number of aryl methyl sites for hydroxylation is 1. The molecule has 1 aliphatic rings. The molecule has 18 heteroatoms. The number of ether oxygens (including phenoxy) is 7. The predicted molar refractivity (Wildman–Crippen MR) is 291 cm³/mol. The topological polar surface area (TPSA) is 144 Å². The van der Waals surface area contributed by atoms with E-state index in [4.69, 9.17) is 43.2 Å². The van der Waals surface area contributed by atoms with Gasteiger partial charge < -0.3 is 33.2 Å². The van der Waals surface area contributed by atoms with Crippen molar-refractivity contribution in [2.75, 3.05) is 51.2 Å². The fraction of sp³-hybridized carbons (Fsp3) is 0.317. The number of alkyl halides is 2. The van der Waals surface area contributed by atoms with Crippen molar-refractivity contribution in [2.45, 2.75) is 71.3 Å². The molecule has 408 valence electrons. The zero-order chi connectivity index (χ0) is 55.0. The van der Waals surface area contributed by atoms with Crippen LogP contribution in [-0.4, -0.2) is 75.3 Å². The largest absolute Gasteiger partial charge is 0.493 e. The van der Waals surface area contributed by atoms with Gasteiger partial charge in [-0.2, -0.15) is 13.9 Å². The minimum atomic E-state index is -4.42. The second kappa shape index (κ2) is 27.1. The molecule has 1 aliphatic heterocycles. The lowest BCUT2D eigenvalue weighted by atomic mass is 10.0. The summed E-state index contributed by atoms with van der Waals surface area (Å²) in [4.78, 5) is 41.7. The van der Waals surface area contributed by atoms with Crippen molar-refractivity contribution >= 4 is 61.6 Å². The molecule has 78 heavy (non-hydrogen) atoms. The first-order valence-electron chi connectivity index (χ1n) is 25.7. The quantitative estimate of drug-likeness (QED) is 0.00875. The van der Waals surface area contributed by atoms with Crippen molar-refractivity contribution in [3.05, 3.63) is 156 Å². The number of hydrazone groups is 1. The molecule has 2 heterocycles. The Bertz CT molecular complexity index is 3260. The summed E-state index contributed by atoms with van der Waals surface area (Å²) in [7, 11) is 0. The number of unbranched alkanes of at least 4 members (excludes halogenated alkanes) is 6. The third kappa shape index (κ3) is 15.1. The number of anilines is 1. The Hall–Kier alpha value is -7.67. The van der Waals surface area contributed by atoms with E-state index in [1.54, 1.807) is 23.2 Å². The van der Waals surface area contributed by atoms with Gasteiger partial charge in [0.2, 0.25) is 5.13 Å². The molecule has 1 fully saturated rings. The Kier molecular flexibility index (Phi) is 19.6. The van der Waals surface area contributed by atoms with Gasteiger partial charge in [0.05, 0.1) is 55.0 Å². The fourth-order valence-corrected chi connectivity index (χ4v) is 9.54. The molecule has 8 rings (SSSR count). The van der Waals surface area contributed by atoms with Gasteiger partial charge in [0.1, 0.15) is 28.6 Å². The first kappa shape index (κ1) is 56.5. The minimum Gasteiger partial charge on any atom is -0.493 e. The van der Waals surface area contributed by atoms with Crippen LogP contribution in [0.2, 0.25) is 0 Å². The normalized spacial score (nSPS) is 12.6. The van der Waals surface area contributed by atoms with E-state index >= 15 is 17.6 Å². The number of rotatable bonds is 28. The molecule has 0 saturated carbocycles. The van der Waals surface area contributed by atoms with Gasteiger partial charge in [-0.15, -0.1) is 0 Å². The van der Waals surface area contributed by atoms with Crippen molar-refractivity contribution < 1.29 is 65.1 Å². The van der Waals surface area contributed by atoms with Gasteiger partial charge >= 0.3 is 24.0 Å². The summed E-state index contributed by atoms with van der Waals surface area (Å²) < 4.78 is 103. The SMILES string of the molecule is C=CC(=O)OCCCCCCN(/N=C/c1cc(OC(F)(F)c2ccc(-c3ccc(OC(C)=O)cc3)c(F)c2F)ccc1OC(=O)c1ccc(OCCCCCCOCC2COC2)c(C)c1)c1nc2ccc3ccccc3c2s1. The van der Waals surface area contributed by atoms with Crippen molar-refractivity contribution in [3.63, 3.8) is 0 Å². The number of aromatic nitrogens is 1. The lowest BCUT2D eigenvalue weighted by molar-refractivity contribution is -0.187. The highest BCUT2D eigenvalue weighted by Crippen LogP contribution is 2.39. The average Bonchev–Trinajstić information content (AvgIpc) is 3.94. The number of esters is 3. The zero-order valence-electron chi connectivity index (χ0n) is 43.3. The van der Waals surface area contributed by atoms with Gasteiger partial charge in [-0.3, -0.25) is 4.79 Å². The predicted octanol–water partition coefficient (Wildman–Crippen LogP) is 13.7. The number of fused-ring (bicyclic) bond motifs is 3. The second-order valence-corrected chi connectivity index (χ2v) is 19.6. The van der Waals surface area contributed by atoms with Crippen LogP contribution in [0.15, 0.2) is 127 Å². The van der Waals surface area contributed by atoms with Crippen molar-refractivity contribution in [2.24, 2.45) is 11.0 Å². The summed E-state index contributed by atoms with van der Waals surface area (Å²) in [6.07, 6.45) is 4.51. The molecule has 0 aliphatic carbocycles. The summed E-state index contributed by atoms with van der Waals surface area (Å²) in [5, 5.41) is 9.01. The van der Waals surface area contributed by atoms with Gasteiger partial charge in [-0.25, -0.2) is 28.4 Å². The Labute approximate surface area is 453 Å². The summed E-state index contributed by atoms with van der Waals surface area (Å²) in [5.74, 6) is -4.54. The average molecular weight is 1090 g/mol. The molecule has 0 bridgehead atoms. The maximum absolute atomic E-state index is 16.1. The molecule has 0 amide bonds. The van der Waals surface area contributed by atoms with Crippen LogP contribution >= 0.6 is 11.3 Å². The van der Waals surface area contributed by atoms with E-state index in [-0.39, 0.29) is 40.4 Å². The molecular formula is C60H59F4N3O10S. The van der Waals surface area contributed by atoms with Crippen LogP contribution in [0.3, 0.4) is 0 Å². The number of hydrogen-bond acceptors (Lipinski definition) is 14. The number of benzene rings is 6. The number of halogens is 4. The van der Waals surface area contributed by atoms with Crippen molar-refractivity contribution in [3.8, 4) is 34.1 Å². The molecular weight excluding hydrogens is 1030 g/mol. The molecule has 1 aromatic heterocycles. The fourth-order valence-electron chi connectivity index (χ4n) is 8.46. The van der Waals surface area contributed by atoms with Crippen LogP contribution in [0.5, 0.6) is 23.0 Å². The van der Waals surface area contributed by atoms with Gasteiger partial charge in [0.15, 0.2) is 11.6 Å². The van der Waals surface area contributed by atoms with E-state index in [2.05, 4.69) is 6.58 Å². The molecule has 1 saturated heterocycles. The monoisotopic (exact) mass is 1090 g/mol. The van der Waals surface area contributed by atoms with Gasteiger partial charge in [0.25, 0.3) is 0 Å². The van der Waals surface area contributed by atoms with Gasteiger partial charge in [-0.1, -0.05) is 79.3 Å². The number of carbonyl (C=O) groups excluding carboxylic acids is 3. The lowest BCUT2D eigenvalue weighted by Gasteiger charge is -2.25. The zero-order valence-corrected chi connectivity index (χ0v) is 44.1. The lowest BCUT2D eigenvalue weighted by Crippen LogP contribution is -2.31. The molecule has 13 nitrogen and oxygen atoms in total. The van der Waals surface area contributed by atoms with E-state index < -0.39 is 47.0 Å². The van der Waals surface area contributed by atoms with Gasteiger partial charge in [0, 0.05) is 48.6 Å². The number of carbonyl (C=O) groups is 3. The highest BCUT2D eigenvalue weighted by atomic mass is 32.1. The number of hydrogen-bond donors (Lipinski definition) is 0. The van der Waals surface area contributed by atoms with Gasteiger partial charge in [-0.05, 0) is 123 Å². The van der Waals surface area contributed by atoms with Crippen molar-refractivity contribution in [1.82, 2.24) is 4.98 Å². The van der Waals surface area contributed by atoms with Crippen LogP contribution in [0.25, 0.3) is 32.1 Å². The maximum Gasteiger partial charge on any atom is 0.429 e. The Morgan fingerprint density at radius 2 is 1.54 bits per heavy atom. The standard InChI is InChI=1S/C60H59F4N3O10S/c1-4-54(69)74-32-14-6-5-11-29-67(59-66-51-26-19-42-15-9-10-16-49(42)57(51)78-59)65-35-45-34-47(77-60(63,64)50-25-24-48(55(61)56(50)62)43-17-21-46(22-18-43)75-40(3)68)23-28-53(45)76-58(70)44-20-27-52(39(2)33-44)73-31-13-8-7-12-30-71-36-41-37-72-38-41/h4,9-10,15-28,33-35,41H,1,5-8,11-14,29-32,36-38H2,2-3H3/b65-35+. The van der Waals surface area contributed by atoms with Crippen LogP contribution in [0.4, 0.5) is 22.7 Å². The highest BCUT2D eigenvalue weighted by molar-refractivity contribution is 7.23. The molecule has 0 N–H and O–H groups in total. The first-order valence-corrected chi connectivity index (χ1v) is 26.6. The minimum absolute atomic E-state index is 0.0210. The molecule has 0 unspecified atom stereocenters. The summed E-state index contributed by atoms with van der Waals surface area (Å²) in [6, 6.07) is 27.4. The van der Waals surface area contributed by atoms with Crippen LogP contribution in [0.1, 0.15) is 85.3 Å². The van der Waals surface area contributed by atoms with E-state index in [0.29, 0.717) is 48.4 Å². The third-order valence-electron chi connectivity index (χ3n) is 12.7. The summed E-state index contributed by atoms with van der Waals surface area (Å²) in [5.41, 5.74) is 0.0792. The highest BCUT2D eigenvalue weighted by Gasteiger charge is 2.40. The second-order valence-electron chi connectivity index (χ2n) is 18.6. The molecule has 0 radical (unpaired) electrons. The Morgan fingerprint density at radius 1 is 0.808 bits per heavy atom. The van der Waals surface area contributed by atoms with Crippen LogP contribution in [0, 0.1) is 24.5 Å². The summed E-state index contributed by atoms with van der Waals surface area (Å²) >= 11 is 1.41. The van der Waals surface area contributed by atoms with E-state index in [1.807, 2.05) is 43.3 Å². The van der Waals surface area contributed by atoms with Crippen LogP contribution in [-0.2, 0) is 29.9 Å². The van der Waals surface area contributed by atoms with Crippen LogP contribution < -0.4 is 24.0 Å². The third-order valence-corrected chi connectivity index (χ3v) is 13.8. The first-order chi connectivity index (χ1) is 37.8. The van der Waals surface area contributed by atoms with E-state index in [9.17, 15) is 14.4 Å². The van der Waals surface area contributed by atoms with E-state index in [1.165, 1.54) is 54.8 Å². The Balaban J connectivity index is 1.03. The number of thiazole rings is 1. The smallest absolute Gasteiger partial charge is 0.429 e. The molecule has 6 aromatic carbocycles. The maximum atomic E-state index is 16.1. The Morgan fingerprint density at radius 3 is 2.28 bits per heavy atom. The molecule has 0 spiro atoms. The van der Waals surface area contributed by atoms with Crippen molar-refractivity contribution in [1.29, 1.82) is 0 Å².